The molecule has 0 fully saturated rings. The standard InChI is InChI=1S/C27H22Cl3N5O4/c1-3-33(4-2)19-10-8-16(9-11-19)12-21-25(31-26(36)17-6-5-7-20(13-17)35(38)39)32-34(27(21)37)24-22(29)14-18(28)15-23(24)30/h5-15H,3-4H2,1-2H3,(H,31,32,36)/b21-12+. The number of carbonyl (C=O) groups is 2. The molecule has 39 heavy (non-hydrogen) atoms. The lowest BCUT2D eigenvalue weighted by Gasteiger charge is -2.20. The van der Waals surface area contributed by atoms with Gasteiger partial charge >= 0.3 is 0 Å². The number of rotatable bonds is 7. The van der Waals surface area contributed by atoms with E-state index < -0.39 is 16.7 Å². The van der Waals surface area contributed by atoms with Gasteiger partial charge in [-0.2, -0.15) is 5.01 Å². The summed E-state index contributed by atoms with van der Waals surface area (Å²) < 4.78 is 0. The van der Waals surface area contributed by atoms with Gasteiger partial charge in [0.15, 0.2) is 5.84 Å². The lowest BCUT2D eigenvalue weighted by Crippen LogP contribution is -2.31. The monoisotopic (exact) mass is 585 g/mol. The summed E-state index contributed by atoms with van der Waals surface area (Å²) in [5.74, 6) is -1.36. The van der Waals surface area contributed by atoms with Crippen LogP contribution in [0.15, 0.2) is 71.3 Å². The van der Waals surface area contributed by atoms with Crippen LogP contribution in [0.4, 0.5) is 17.1 Å². The van der Waals surface area contributed by atoms with Crippen molar-refractivity contribution in [3.8, 4) is 0 Å². The van der Waals surface area contributed by atoms with Gasteiger partial charge in [0.1, 0.15) is 5.69 Å². The van der Waals surface area contributed by atoms with Crippen molar-refractivity contribution in [1.29, 1.82) is 0 Å². The molecule has 0 saturated heterocycles. The number of hydrogen-bond donors (Lipinski definition) is 1. The molecule has 3 aromatic carbocycles. The molecule has 200 valence electrons. The molecular weight excluding hydrogens is 565 g/mol. The van der Waals surface area contributed by atoms with Gasteiger partial charge in [0.05, 0.1) is 20.5 Å². The molecule has 4 rings (SSSR count). The predicted octanol–water partition coefficient (Wildman–Crippen LogP) is 6.57. The smallest absolute Gasteiger partial charge is 0.282 e. The first kappa shape index (κ1) is 28.1. The van der Waals surface area contributed by atoms with Crippen LogP contribution in [0.25, 0.3) is 6.08 Å². The molecule has 2 amide bonds. The fourth-order valence-corrected chi connectivity index (χ4v) is 4.98. The minimum atomic E-state index is -0.691. The summed E-state index contributed by atoms with van der Waals surface area (Å²) in [6.07, 6.45) is 1.58. The largest absolute Gasteiger partial charge is 0.372 e. The van der Waals surface area contributed by atoms with E-state index in [1.807, 2.05) is 24.3 Å². The van der Waals surface area contributed by atoms with Crippen LogP contribution in [0, 0.1) is 10.1 Å². The number of halogens is 3. The zero-order valence-corrected chi connectivity index (χ0v) is 23.1. The summed E-state index contributed by atoms with van der Waals surface area (Å²) in [6, 6.07) is 15.6. The Balaban J connectivity index is 1.75. The second kappa shape index (κ2) is 11.9. The van der Waals surface area contributed by atoms with Crippen LogP contribution in [0.1, 0.15) is 29.8 Å². The number of nitro groups is 1. The van der Waals surface area contributed by atoms with E-state index in [4.69, 9.17) is 34.8 Å². The molecule has 3 aromatic rings. The minimum Gasteiger partial charge on any atom is -0.372 e. The Morgan fingerprint density at radius 1 is 1.05 bits per heavy atom. The van der Waals surface area contributed by atoms with Crippen LogP contribution in [0.2, 0.25) is 15.1 Å². The number of amides is 2. The van der Waals surface area contributed by atoms with E-state index in [0.29, 0.717) is 5.56 Å². The predicted molar refractivity (Wildman–Crippen MR) is 155 cm³/mol. The summed E-state index contributed by atoms with van der Waals surface area (Å²) in [5, 5.41) is 19.5. The van der Waals surface area contributed by atoms with Crippen molar-refractivity contribution >= 4 is 75.6 Å². The maximum atomic E-state index is 13.6. The molecule has 1 aliphatic rings. The first-order valence-corrected chi connectivity index (χ1v) is 13.0. The molecule has 0 saturated carbocycles. The van der Waals surface area contributed by atoms with Crippen molar-refractivity contribution in [2.75, 3.05) is 23.0 Å². The molecule has 0 unspecified atom stereocenters. The molecule has 0 bridgehead atoms. The van der Waals surface area contributed by atoms with Gasteiger partial charge < -0.3 is 10.2 Å². The van der Waals surface area contributed by atoms with Gasteiger partial charge in [-0.3, -0.25) is 19.7 Å². The number of carbonyl (C=O) groups excluding carboxylic acids is 2. The van der Waals surface area contributed by atoms with E-state index >= 15 is 0 Å². The topological polar surface area (TPSA) is 108 Å². The Morgan fingerprint density at radius 3 is 2.28 bits per heavy atom. The zero-order valence-electron chi connectivity index (χ0n) is 20.8. The normalized spacial score (nSPS) is 14.0. The maximum Gasteiger partial charge on any atom is 0.282 e. The molecule has 1 aliphatic heterocycles. The lowest BCUT2D eigenvalue weighted by atomic mass is 10.1. The number of hydrogen-bond acceptors (Lipinski definition) is 6. The van der Waals surface area contributed by atoms with Crippen molar-refractivity contribution in [2.45, 2.75) is 13.8 Å². The molecule has 0 atom stereocenters. The summed E-state index contributed by atoms with van der Waals surface area (Å²) >= 11 is 18.7. The molecule has 0 aliphatic carbocycles. The van der Waals surface area contributed by atoms with Crippen LogP contribution in [-0.2, 0) is 4.79 Å². The van der Waals surface area contributed by atoms with Crippen LogP contribution < -0.4 is 15.2 Å². The first-order valence-electron chi connectivity index (χ1n) is 11.8. The number of amidine groups is 1. The lowest BCUT2D eigenvalue weighted by molar-refractivity contribution is -0.384. The molecule has 0 spiro atoms. The Bertz CT molecular complexity index is 1500. The van der Waals surface area contributed by atoms with Gasteiger partial charge in [-0.15, -0.1) is 5.10 Å². The van der Waals surface area contributed by atoms with Gasteiger partial charge in [-0.25, -0.2) is 0 Å². The number of nitro benzene ring substituents is 1. The van der Waals surface area contributed by atoms with Crippen LogP contribution >= 0.6 is 34.8 Å². The highest BCUT2D eigenvalue weighted by molar-refractivity contribution is 6.44. The number of non-ortho nitro benzene ring substituents is 1. The molecule has 9 nitrogen and oxygen atoms in total. The molecule has 12 heteroatoms. The van der Waals surface area contributed by atoms with E-state index in [2.05, 4.69) is 29.2 Å². The van der Waals surface area contributed by atoms with E-state index in [1.165, 1.54) is 30.3 Å². The van der Waals surface area contributed by atoms with Gasteiger partial charge in [0.25, 0.3) is 17.5 Å². The third kappa shape index (κ3) is 6.06. The second-order valence-electron chi connectivity index (χ2n) is 8.37. The highest BCUT2D eigenvalue weighted by atomic mass is 35.5. The van der Waals surface area contributed by atoms with Crippen molar-refractivity contribution in [3.05, 3.63) is 103 Å². The Kier molecular flexibility index (Phi) is 8.54. The van der Waals surface area contributed by atoms with Crippen molar-refractivity contribution in [3.63, 3.8) is 0 Å². The first-order chi connectivity index (χ1) is 18.6. The van der Waals surface area contributed by atoms with E-state index in [1.54, 1.807) is 6.08 Å². The quantitative estimate of drug-likeness (QED) is 0.191. The Hall–Kier alpha value is -3.92. The van der Waals surface area contributed by atoms with Crippen molar-refractivity contribution in [2.24, 2.45) is 5.10 Å². The van der Waals surface area contributed by atoms with E-state index in [9.17, 15) is 19.7 Å². The molecule has 0 aromatic heterocycles. The average Bonchev–Trinajstić information content (AvgIpc) is 3.19. The number of nitrogens with one attached hydrogen (secondary N) is 1. The van der Waals surface area contributed by atoms with Crippen LogP contribution in [0.5, 0.6) is 0 Å². The Labute approximate surface area is 239 Å². The highest BCUT2D eigenvalue weighted by Crippen LogP contribution is 2.39. The van der Waals surface area contributed by atoms with Crippen molar-refractivity contribution in [1.82, 2.24) is 5.32 Å². The van der Waals surface area contributed by atoms with Gasteiger partial charge in [-0.1, -0.05) is 53.0 Å². The molecule has 1 heterocycles. The molecule has 1 N–H and O–H groups in total. The third-order valence-electron chi connectivity index (χ3n) is 5.96. The summed E-state index contributed by atoms with van der Waals surface area (Å²) in [4.78, 5) is 39.4. The van der Waals surface area contributed by atoms with Crippen LogP contribution in [-0.4, -0.2) is 35.7 Å². The molecular formula is C27H22Cl3N5O4. The fourth-order valence-electron chi connectivity index (χ4n) is 4.00. The maximum absolute atomic E-state index is 13.6. The minimum absolute atomic E-state index is 0.0169. The third-order valence-corrected chi connectivity index (χ3v) is 6.75. The number of anilines is 2. The summed E-state index contributed by atoms with van der Waals surface area (Å²) in [6.45, 7) is 5.80. The van der Waals surface area contributed by atoms with Gasteiger partial charge in [0, 0.05) is 41.5 Å². The van der Waals surface area contributed by atoms with Gasteiger partial charge in [0.2, 0.25) is 0 Å². The zero-order chi connectivity index (χ0) is 28.3. The van der Waals surface area contributed by atoms with Crippen LogP contribution in [0.3, 0.4) is 0 Å². The molecule has 0 radical (unpaired) electrons. The summed E-state index contributed by atoms with van der Waals surface area (Å²) in [5.41, 5.74) is 1.62. The summed E-state index contributed by atoms with van der Waals surface area (Å²) in [7, 11) is 0. The SMILES string of the molecule is CCN(CC)c1ccc(/C=C2/C(=O)N(c3c(Cl)cc(Cl)cc3Cl)N=C2NC(=O)c2cccc([N+](=O)[O-])c2)cc1. The van der Waals surface area contributed by atoms with E-state index in [-0.39, 0.29) is 43.4 Å². The Morgan fingerprint density at radius 2 is 1.69 bits per heavy atom. The average molecular weight is 587 g/mol. The van der Waals surface area contributed by atoms with Crippen molar-refractivity contribution < 1.29 is 14.5 Å². The number of hydrazone groups is 1. The number of nitrogens with zero attached hydrogens (tertiary/aromatic N) is 4. The number of benzene rings is 3. The highest BCUT2D eigenvalue weighted by Gasteiger charge is 2.35. The van der Waals surface area contributed by atoms with E-state index in [0.717, 1.165) is 29.9 Å². The van der Waals surface area contributed by atoms with Gasteiger partial charge in [-0.05, 0) is 55.8 Å². The fraction of sp³-hybridized carbons (Fsp3) is 0.148. The second-order valence-corrected chi connectivity index (χ2v) is 9.62.